The molecule has 1 aromatic carbocycles. The van der Waals surface area contributed by atoms with Crippen molar-refractivity contribution in [1.82, 2.24) is 19.6 Å². The van der Waals surface area contributed by atoms with Crippen LogP contribution in [0.15, 0.2) is 35.5 Å². The van der Waals surface area contributed by atoms with Crippen LogP contribution in [-0.2, 0) is 9.53 Å². The fraction of sp³-hybridized carbons (Fsp3) is 0.278. The summed E-state index contributed by atoms with van der Waals surface area (Å²) in [6, 6.07) is 8.66. The molecule has 0 atom stereocenters. The third-order valence-corrected chi connectivity index (χ3v) is 4.94. The zero-order chi connectivity index (χ0) is 19.6. The lowest BCUT2D eigenvalue weighted by atomic mass is 10.1. The summed E-state index contributed by atoms with van der Waals surface area (Å²) in [5.74, 6) is 0.235. The number of esters is 1. The Morgan fingerprint density at radius 2 is 1.96 bits per heavy atom. The van der Waals surface area contributed by atoms with Gasteiger partial charge in [0.25, 0.3) is 0 Å². The van der Waals surface area contributed by atoms with Gasteiger partial charge >= 0.3 is 5.97 Å². The maximum atomic E-state index is 12.7. The standard InChI is InChI=1S/C18H19N5O3S/c1-11-9-15-20-21-18(23(15)12(2)19-11)27-10-16(24)22(3)14-8-6-5-7-13(14)17(25)26-4/h5-9H,10H2,1-4H3. The Morgan fingerprint density at radius 1 is 1.22 bits per heavy atom. The molecule has 27 heavy (non-hydrogen) atoms. The highest BCUT2D eigenvalue weighted by Gasteiger charge is 2.20. The van der Waals surface area contributed by atoms with Crippen molar-refractivity contribution in [3.8, 4) is 0 Å². The molecule has 0 radical (unpaired) electrons. The number of aryl methyl sites for hydroxylation is 2. The molecule has 9 heteroatoms. The van der Waals surface area contributed by atoms with E-state index in [-0.39, 0.29) is 11.7 Å². The van der Waals surface area contributed by atoms with Crippen LogP contribution in [0.5, 0.6) is 0 Å². The molecular formula is C18H19N5O3S. The fourth-order valence-electron chi connectivity index (χ4n) is 2.70. The smallest absolute Gasteiger partial charge is 0.339 e. The molecule has 0 spiro atoms. The minimum Gasteiger partial charge on any atom is -0.465 e. The Bertz CT molecular complexity index is 1020. The van der Waals surface area contributed by atoms with Gasteiger partial charge in [0.05, 0.1) is 24.1 Å². The van der Waals surface area contributed by atoms with E-state index in [0.29, 0.717) is 22.1 Å². The average molecular weight is 385 g/mol. The quantitative estimate of drug-likeness (QED) is 0.492. The van der Waals surface area contributed by atoms with Gasteiger partial charge in [0, 0.05) is 18.8 Å². The fourth-order valence-corrected chi connectivity index (χ4v) is 3.60. The molecule has 140 valence electrons. The highest BCUT2D eigenvalue weighted by Crippen LogP contribution is 2.23. The monoisotopic (exact) mass is 385 g/mol. The molecule has 8 nitrogen and oxygen atoms in total. The molecule has 0 bridgehead atoms. The van der Waals surface area contributed by atoms with E-state index in [4.69, 9.17) is 4.74 Å². The molecule has 0 saturated carbocycles. The third kappa shape index (κ3) is 3.77. The highest BCUT2D eigenvalue weighted by atomic mass is 32.2. The Kier molecular flexibility index (Phi) is 5.41. The predicted octanol–water partition coefficient (Wildman–Crippen LogP) is 2.28. The lowest BCUT2D eigenvalue weighted by Crippen LogP contribution is -2.29. The van der Waals surface area contributed by atoms with Crippen LogP contribution >= 0.6 is 11.8 Å². The molecule has 2 aromatic heterocycles. The van der Waals surface area contributed by atoms with Gasteiger partial charge in [0.2, 0.25) is 5.91 Å². The normalized spacial score (nSPS) is 10.8. The number of amides is 1. The Hall–Kier alpha value is -2.94. The van der Waals surface area contributed by atoms with Crippen molar-refractivity contribution in [3.63, 3.8) is 0 Å². The van der Waals surface area contributed by atoms with Gasteiger partial charge in [-0.25, -0.2) is 9.78 Å². The summed E-state index contributed by atoms with van der Waals surface area (Å²) in [6.45, 7) is 3.76. The number of ether oxygens (including phenoxy) is 1. The van der Waals surface area contributed by atoms with Crippen molar-refractivity contribution >= 4 is 35.0 Å². The SMILES string of the molecule is COC(=O)c1ccccc1N(C)C(=O)CSc1nnc2cc(C)nc(C)n12. The van der Waals surface area contributed by atoms with Crippen LogP contribution in [0.2, 0.25) is 0 Å². The molecule has 0 saturated heterocycles. The van der Waals surface area contributed by atoms with E-state index in [0.717, 1.165) is 11.5 Å². The van der Waals surface area contributed by atoms with E-state index < -0.39 is 5.97 Å². The minimum absolute atomic E-state index is 0.139. The number of nitrogens with zero attached hydrogens (tertiary/aromatic N) is 5. The maximum absolute atomic E-state index is 12.7. The molecule has 2 heterocycles. The number of para-hydroxylation sites is 1. The van der Waals surface area contributed by atoms with E-state index in [1.54, 1.807) is 31.3 Å². The number of methoxy groups -OCH3 is 1. The first-order chi connectivity index (χ1) is 12.9. The highest BCUT2D eigenvalue weighted by molar-refractivity contribution is 7.99. The summed E-state index contributed by atoms with van der Waals surface area (Å²) in [7, 11) is 2.94. The first-order valence-electron chi connectivity index (χ1n) is 8.18. The van der Waals surface area contributed by atoms with Crippen LogP contribution in [0.1, 0.15) is 21.9 Å². The number of hydrogen-bond acceptors (Lipinski definition) is 7. The molecule has 3 rings (SSSR count). The van der Waals surface area contributed by atoms with Gasteiger partial charge in [-0.3, -0.25) is 9.20 Å². The molecule has 0 aliphatic carbocycles. The van der Waals surface area contributed by atoms with Gasteiger partial charge < -0.3 is 9.64 Å². The summed E-state index contributed by atoms with van der Waals surface area (Å²) in [6.07, 6.45) is 0. The topological polar surface area (TPSA) is 89.7 Å². The summed E-state index contributed by atoms with van der Waals surface area (Å²) in [5.41, 5.74) is 2.39. The van der Waals surface area contributed by atoms with Crippen molar-refractivity contribution in [3.05, 3.63) is 47.4 Å². The van der Waals surface area contributed by atoms with Gasteiger partial charge in [-0.2, -0.15) is 0 Å². The van der Waals surface area contributed by atoms with Gasteiger partial charge in [-0.1, -0.05) is 23.9 Å². The first-order valence-corrected chi connectivity index (χ1v) is 9.17. The summed E-state index contributed by atoms with van der Waals surface area (Å²) in [5, 5.41) is 8.88. The predicted molar refractivity (Wildman–Crippen MR) is 102 cm³/mol. The molecule has 0 fully saturated rings. The first kappa shape index (κ1) is 18.8. The molecule has 0 aliphatic heterocycles. The van der Waals surface area contributed by atoms with Crippen molar-refractivity contribution in [2.24, 2.45) is 0 Å². The second kappa shape index (κ2) is 7.75. The maximum Gasteiger partial charge on any atom is 0.339 e. The zero-order valence-corrected chi connectivity index (χ0v) is 16.3. The molecule has 3 aromatic rings. The van der Waals surface area contributed by atoms with Crippen LogP contribution in [-0.4, -0.2) is 51.4 Å². The van der Waals surface area contributed by atoms with E-state index >= 15 is 0 Å². The molecule has 0 aliphatic rings. The summed E-state index contributed by atoms with van der Waals surface area (Å²) < 4.78 is 6.60. The summed E-state index contributed by atoms with van der Waals surface area (Å²) in [4.78, 5) is 30.4. The van der Waals surface area contributed by atoms with E-state index in [1.807, 2.05) is 24.3 Å². The average Bonchev–Trinajstić information content (AvgIpc) is 3.07. The number of benzene rings is 1. The number of carbonyl (C=O) groups excluding carboxylic acids is 2. The number of carbonyl (C=O) groups is 2. The molecule has 0 N–H and O–H groups in total. The Labute approximate surface area is 160 Å². The number of thioether (sulfide) groups is 1. The van der Waals surface area contributed by atoms with E-state index in [9.17, 15) is 9.59 Å². The lowest BCUT2D eigenvalue weighted by Gasteiger charge is -2.19. The van der Waals surface area contributed by atoms with Gasteiger partial charge in [-0.15, -0.1) is 10.2 Å². The Morgan fingerprint density at radius 3 is 2.70 bits per heavy atom. The number of fused-ring (bicyclic) bond motifs is 1. The van der Waals surface area contributed by atoms with Gasteiger partial charge in [-0.05, 0) is 26.0 Å². The van der Waals surface area contributed by atoms with E-state index in [2.05, 4.69) is 15.2 Å². The van der Waals surface area contributed by atoms with Crippen LogP contribution in [0.25, 0.3) is 5.65 Å². The van der Waals surface area contributed by atoms with Crippen LogP contribution in [0.3, 0.4) is 0 Å². The second-order valence-electron chi connectivity index (χ2n) is 5.87. The van der Waals surface area contributed by atoms with Crippen LogP contribution in [0, 0.1) is 13.8 Å². The van der Waals surface area contributed by atoms with Crippen molar-refractivity contribution < 1.29 is 14.3 Å². The number of anilines is 1. The molecular weight excluding hydrogens is 366 g/mol. The largest absolute Gasteiger partial charge is 0.465 e. The van der Waals surface area contributed by atoms with Crippen molar-refractivity contribution in [2.75, 3.05) is 24.8 Å². The summed E-state index contributed by atoms with van der Waals surface area (Å²) >= 11 is 1.27. The second-order valence-corrected chi connectivity index (χ2v) is 6.81. The zero-order valence-electron chi connectivity index (χ0n) is 15.5. The van der Waals surface area contributed by atoms with Crippen molar-refractivity contribution in [1.29, 1.82) is 0 Å². The minimum atomic E-state index is -0.488. The van der Waals surface area contributed by atoms with Crippen LogP contribution in [0.4, 0.5) is 5.69 Å². The number of rotatable bonds is 5. The Balaban J connectivity index is 1.78. The third-order valence-electron chi connectivity index (χ3n) is 4.03. The van der Waals surface area contributed by atoms with Gasteiger partial charge in [0.1, 0.15) is 5.82 Å². The lowest BCUT2D eigenvalue weighted by molar-refractivity contribution is -0.115. The number of hydrogen-bond donors (Lipinski definition) is 0. The van der Waals surface area contributed by atoms with E-state index in [1.165, 1.54) is 23.8 Å². The number of aromatic nitrogens is 4. The van der Waals surface area contributed by atoms with Crippen molar-refractivity contribution in [2.45, 2.75) is 19.0 Å². The van der Waals surface area contributed by atoms with Crippen LogP contribution < -0.4 is 4.90 Å². The van der Waals surface area contributed by atoms with Gasteiger partial charge in [0.15, 0.2) is 10.8 Å². The molecule has 0 unspecified atom stereocenters. The molecule has 1 amide bonds.